The lowest BCUT2D eigenvalue weighted by Gasteiger charge is -2.00. The molecular formula is C8H9N3O. The smallest absolute Gasteiger partial charge is 0.121 e. The van der Waals surface area contributed by atoms with Crippen LogP contribution < -0.4 is 4.74 Å². The number of nitrogens with one attached hydrogen (secondary N) is 1. The second-order valence-corrected chi connectivity index (χ2v) is 2.42. The zero-order valence-electron chi connectivity index (χ0n) is 6.74. The number of benzene rings is 1. The first kappa shape index (κ1) is 7.09. The summed E-state index contributed by atoms with van der Waals surface area (Å²) in [5.41, 5.74) is 1.76. The molecule has 1 heterocycles. The Bertz CT molecular complexity index is 382. The van der Waals surface area contributed by atoms with Crippen molar-refractivity contribution in [2.24, 2.45) is 0 Å². The van der Waals surface area contributed by atoms with E-state index in [9.17, 15) is 0 Å². The highest BCUT2D eigenvalue weighted by molar-refractivity contribution is 5.74. The van der Waals surface area contributed by atoms with Gasteiger partial charge in [0.2, 0.25) is 0 Å². The van der Waals surface area contributed by atoms with Crippen LogP contribution in [-0.2, 0) is 0 Å². The predicted molar refractivity (Wildman–Crippen MR) is 45.1 cm³/mol. The Labute approximate surface area is 69.5 Å². The van der Waals surface area contributed by atoms with Crippen LogP contribution in [0.1, 0.15) is 6.92 Å². The Hall–Kier alpha value is -1.58. The van der Waals surface area contributed by atoms with Gasteiger partial charge in [-0.1, -0.05) is 5.21 Å². The molecule has 62 valence electrons. The molecule has 0 aliphatic heterocycles. The van der Waals surface area contributed by atoms with Gasteiger partial charge < -0.3 is 4.74 Å². The average molecular weight is 163 g/mol. The lowest BCUT2D eigenvalue weighted by atomic mass is 10.3. The fourth-order valence-corrected chi connectivity index (χ4v) is 1.08. The molecule has 0 radical (unpaired) electrons. The number of rotatable bonds is 2. The van der Waals surface area contributed by atoms with E-state index >= 15 is 0 Å². The minimum absolute atomic E-state index is 0.670. The number of fused-ring (bicyclic) bond motifs is 1. The summed E-state index contributed by atoms with van der Waals surface area (Å²) in [6.07, 6.45) is 0. The third-order valence-corrected chi connectivity index (χ3v) is 1.61. The molecular weight excluding hydrogens is 154 g/mol. The predicted octanol–water partition coefficient (Wildman–Crippen LogP) is 1.36. The van der Waals surface area contributed by atoms with Gasteiger partial charge in [-0.25, -0.2) is 0 Å². The largest absolute Gasteiger partial charge is 0.494 e. The molecule has 0 aliphatic rings. The number of aromatic nitrogens is 3. The second-order valence-electron chi connectivity index (χ2n) is 2.42. The molecule has 4 heteroatoms. The Morgan fingerprint density at radius 3 is 3.25 bits per heavy atom. The molecule has 0 amide bonds. The lowest BCUT2D eigenvalue weighted by molar-refractivity contribution is 0.340. The lowest BCUT2D eigenvalue weighted by Crippen LogP contribution is -1.90. The van der Waals surface area contributed by atoms with E-state index < -0.39 is 0 Å². The van der Waals surface area contributed by atoms with Crippen molar-refractivity contribution in [3.63, 3.8) is 0 Å². The fraction of sp³-hybridized carbons (Fsp3) is 0.250. The van der Waals surface area contributed by atoms with E-state index in [1.165, 1.54) is 0 Å². The average Bonchev–Trinajstić information content (AvgIpc) is 2.51. The maximum atomic E-state index is 5.30. The molecule has 0 spiro atoms. The molecule has 0 atom stereocenters. The highest BCUT2D eigenvalue weighted by Crippen LogP contribution is 2.16. The summed E-state index contributed by atoms with van der Waals surface area (Å²) in [5, 5.41) is 10.3. The molecule has 1 N–H and O–H groups in total. The minimum Gasteiger partial charge on any atom is -0.494 e. The second kappa shape index (κ2) is 2.81. The van der Waals surface area contributed by atoms with Crippen LogP contribution >= 0.6 is 0 Å². The van der Waals surface area contributed by atoms with Crippen LogP contribution in [0.15, 0.2) is 18.2 Å². The summed E-state index contributed by atoms with van der Waals surface area (Å²) in [5.74, 6) is 0.832. The Morgan fingerprint density at radius 2 is 2.42 bits per heavy atom. The topological polar surface area (TPSA) is 50.8 Å². The van der Waals surface area contributed by atoms with Gasteiger partial charge in [-0.2, -0.15) is 0 Å². The molecule has 4 nitrogen and oxygen atoms in total. The van der Waals surface area contributed by atoms with E-state index in [2.05, 4.69) is 15.4 Å². The highest BCUT2D eigenvalue weighted by Gasteiger charge is 1.98. The third kappa shape index (κ3) is 1.11. The van der Waals surface area contributed by atoms with E-state index in [4.69, 9.17) is 4.74 Å². The van der Waals surface area contributed by atoms with E-state index in [0.717, 1.165) is 16.8 Å². The molecule has 1 aromatic heterocycles. The summed E-state index contributed by atoms with van der Waals surface area (Å²) in [6.45, 7) is 2.62. The molecule has 2 rings (SSSR count). The van der Waals surface area contributed by atoms with E-state index in [1.54, 1.807) is 0 Å². The number of aromatic amines is 1. The van der Waals surface area contributed by atoms with Crippen LogP contribution in [0.25, 0.3) is 11.0 Å². The van der Waals surface area contributed by atoms with Crippen LogP contribution in [0.3, 0.4) is 0 Å². The minimum atomic E-state index is 0.670. The maximum Gasteiger partial charge on any atom is 0.121 e. The number of ether oxygens (including phenoxy) is 1. The summed E-state index contributed by atoms with van der Waals surface area (Å²) in [7, 11) is 0. The Balaban J connectivity index is 2.46. The first-order chi connectivity index (χ1) is 5.90. The van der Waals surface area contributed by atoms with Crippen molar-refractivity contribution in [1.82, 2.24) is 15.4 Å². The van der Waals surface area contributed by atoms with Crippen molar-refractivity contribution in [3.05, 3.63) is 18.2 Å². The zero-order valence-corrected chi connectivity index (χ0v) is 6.74. The molecule has 1 aromatic carbocycles. The monoisotopic (exact) mass is 163 g/mol. The van der Waals surface area contributed by atoms with E-state index in [-0.39, 0.29) is 0 Å². The standard InChI is InChI=1S/C8H9N3O/c1-2-12-6-3-4-7-8(5-6)10-11-9-7/h3-5H,2H2,1H3,(H,9,10,11). The maximum absolute atomic E-state index is 5.30. The quantitative estimate of drug-likeness (QED) is 0.727. The van der Waals surface area contributed by atoms with Crippen molar-refractivity contribution in [2.75, 3.05) is 6.61 Å². The van der Waals surface area contributed by atoms with Gasteiger partial charge in [-0.15, -0.1) is 5.10 Å². The molecule has 0 aliphatic carbocycles. The number of hydrogen-bond donors (Lipinski definition) is 1. The third-order valence-electron chi connectivity index (χ3n) is 1.61. The first-order valence-corrected chi connectivity index (χ1v) is 3.84. The van der Waals surface area contributed by atoms with E-state index in [0.29, 0.717) is 6.61 Å². The van der Waals surface area contributed by atoms with E-state index in [1.807, 2.05) is 25.1 Å². The van der Waals surface area contributed by atoms with Crippen LogP contribution in [0.5, 0.6) is 5.75 Å². The Kier molecular flexibility index (Phi) is 1.66. The summed E-state index contributed by atoms with van der Waals surface area (Å²) < 4.78 is 5.30. The fourth-order valence-electron chi connectivity index (χ4n) is 1.08. The van der Waals surface area contributed by atoms with Crippen molar-refractivity contribution in [3.8, 4) is 5.75 Å². The van der Waals surface area contributed by atoms with Crippen LogP contribution in [0, 0.1) is 0 Å². The van der Waals surface area contributed by atoms with Crippen molar-refractivity contribution in [1.29, 1.82) is 0 Å². The summed E-state index contributed by atoms with van der Waals surface area (Å²) in [6, 6.07) is 5.66. The van der Waals surface area contributed by atoms with Gasteiger partial charge in [-0.05, 0) is 19.1 Å². The zero-order chi connectivity index (χ0) is 8.39. The van der Waals surface area contributed by atoms with Crippen LogP contribution in [-0.4, -0.2) is 22.0 Å². The van der Waals surface area contributed by atoms with Gasteiger partial charge in [0.15, 0.2) is 0 Å². The molecule has 0 fully saturated rings. The summed E-state index contributed by atoms with van der Waals surface area (Å²) >= 11 is 0. The number of H-pyrrole nitrogens is 1. The Morgan fingerprint density at radius 1 is 1.50 bits per heavy atom. The molecule has 0 saturated carbocycles. The number of nitrogens with zero attached hydrogens (tertiary/aromatic N) is 2. The van der Waals surface area contributed by atoms with Crippen molar-refractivity contribution in [2.45, 2.75) is 6.92 Å². The molecule has 0 unspecified atom stereocenters. The highest BCUT2D eigenvalue weighted by atomic mass is 16.5. The van der Waals surface area contributed by atoms with Gasteiger partial charge in [0, 0.05) is 6.07 Å². The van der Waals surface area contributed by atoms with Gasteiger partial charge in [0.05, 0.1) is 12.1 Å². The first-order valence-electron chi connectivity index (χ1n) is 3.84. The van der Waals surface area contributed by atoms with Crippen molar-refractivity contribution < 1.29 is 4.74 Å². The number of hydrogen-bond acceptors (Lipinski definition) is 3. The molecule has 12 heavy (non-hydrogen) atoms. The van der Waals surface area contributed by atoms with Gasteiger partial charge in [0.1, 0.15) is 11.3 Å². The van der Waals surface area contributed by atoms with Crippen LogP contribution in [0.2, 0.25) is 0 Å². The van der Waals surface area contributed by atoms with Gasteiger partial charge in [-0.3, -0.25) is 5.10 Å². The van der Waals surface area contributed by atoms with Gasteiger partial charge >= 0.3 is 0 Å². The molecule has 0 bridgehead atoms. The normalized spacial score (nSPS) is 10.4. The van der Waals surface area contributed by atoms with Gasteiger partial charge in [0.25, 0.3) is 0 Å². The van der Waals surface area contributed by atoms with Crippen LogP contribution in [0.4, 0.5) is 0 Å². The summed E-state index contributed by atoms with van der Waals surface area (Å²) in [4.78, 5) is 0. The SMILES string of the molecule is CCOc1ccc2[nH]nnc2c1. The molecule has 2 aromatic rings. The van der Waals surface area contributed by atoms with Crippen molar-refractivity contribution >= 4 is 11.0 Å². The molecule has 0 saturated heterocycles.